The van der Waals surface area contributed by atoms with Crippen LogP contribution in [0, 0.1) is 5.92 Å². The molecule has 104 valence electrons. The van der Waals surface area contributed by atoms with Crippen molar-refractivity contribution >= 4 is 11.8 Å². The average molecular weight is 255 g/mol. The summed E-state index contributed by atoms with van der Waals surface area (Å²) in [5, 5.41) is 0. The molecule has 0 aromatic heterocycles. The number of nitrogens with two attached hydrogens (primary N) is 1. The Kier molecular flexibility index (Phi) is 5.59. The summed E-state index contributed by atoms with van der Waals surface area (Å²) in [5.74, 6) is 0.0526. The van der Waals surface area contributed by atoms with Gasteiger partial charge in [-0.1, -0.05) is 6.42 Å². The minimum atomic E-state index is -0.0368. The summed E-state index contributed by atoms with van der Waals surface area (Å²) in [6, 6.07) is 0.135. The van der Waals surface area contributed by atoms with Crippen LogP contribution in [0.3, 0.4) is 0 Å². The van der Waals surface area contributed by atoms with Gasteiger partial charge in [-0.3, -0.25) is 9.59 Å². The van der Waals surface area contributed by atoms with E-state index >= 15 is 0 Å². The van der Waals surface area contributed by atoms with Crippen LogP contribution in [0.25, 0.3) is 0 Å². The quantitative estimate of drug-likeness (QED) is 0.792. The molecule has 2 atom stereocenters. The van der Waals surface area contributed by atoms with Crippen molar-refractivity contribution in [3.8, 4) is 0 Å². The predicted octanol–water partition coefficient (Wildman–Crippen LogP) is 0.441. The number of nitrogens with zero attached hydrogens (tertiary/aromatic N) is 2. The molecule has 0 aliphatic heterocycles. The lowest BCUT2D eigenvalue weighted by Gasteiger charge is -2.31. The smallest absolute Gasteiger partial charge is 0.241 e. The molecule has 18 heavy (non-hydrogen) atoms. The van der Waals surface area contributed by atoms with Crippen LogP contribution >= 0.6 is 0 Å². The zero-order chi connectivity index (χ0) is 13.7. The largest absolute Gasteiger partial charge is 0.347 e. The molecule has 0 radical (unpaired) electrons. The van der Waals surface area contributed by atoms with Crippen molar-refractivity contribution in [3.63, 3.8) is 0 Å². The van der Waals surface area contributed by atoms with Crippen molar-refractivity contribution in [2.45, 2.75) is 38.6 Å². The summed E-state index contributed by atoms with van der Waals surface area (Å²) in [5.41, 5.74) is 5.91. The lowest BCUT2D eigenvalue weighted by molar-refractivity contribution is -0.142. The fraction of sp³-hybridized carbons (Fsp3) is 0.846. The van der Waals surface area contributed by atoms with E-state index < -0.39 is 0 Å². The van der Waals surface area contributed by atoms with Gasteiger partial charge in [-0.05, 0) is 26.2 Å². The second kappa shape index (κ2) is 6.73. The number of carbonyl (C=O) groups excluding carboxylic acids is 2. The van der Waals surface area contributed by atoms with Gasteiger partial charge >= 0.3 is 0 Å². The van der Waals surface area contributed by atoms with Gasteiger partial charge in [0.25, 0.3) is 0 Å². The maximum Gasteiger partial charge on any atom is 0.241 e. The highest BCUT2D eigenvalue weighted by Gasteiger charge is 2.29. The van der Waals surface area contributed by atoms with E-state index in [-0.39, 0.29) is 30.3 Å². The van der Waals surface area contributed by atoms with Gasteiger partial charge in [0.2, 0.25) is 11.8 Å². The Labute approximate surface area is 109 Å². The first-order chi connectivity index (χ1) is 8.45. The Hall–Kier alpha value is -1.10. The Balaban J connectivity index is 2.58. The summed E-state index contributed by atoms with van der Waals surface area (Å²) in [7, 11) is 3.41. The van der Waals surface area contributed by atoms with Gasteiger partial charge in [-0.25, -0.2) is 0 Å². The average Bonchev–Trinajstić information content (AvgIpc) is 2.34. The maximum atomic E-state index is 12.3. The van der Waals surface area contributed by atoms with Crippen LogP contribution in [0.1, 0.15) is 32.6 Å². The molecular weight excluding hydrogens is 230 g/mol. The number of hydrogen-bond acceptors (Lipinski definition) is 3. The molecule has 0 aromatic carbocycles. The molecule has 1 rings (SSSR count). The molecule has 1 aliphatic carbocycles. The van der Waals surface area contributed by atoms with Crippen molar-refractivity contribution in [2.75, 3.05) is 27.2 Å². The van der Waals surface area contributed by atoms with E-state index in [9.17, 15) is 9.59 Å². The molecule has 1 aliphatic rings. The standard InChI is InChI=1S/C13H25N3O2/c1-4-16(9-12(17)15(2)3)13(18)10-6-5-7-11(14)8-10/h10-11H,4-9,14H2,1-3H3. The molecular formula is C13H25N3O2. The molecule has 2 unspecified atom stereocenters. The van der Waals surface area contributed by atoms with E-state index in [2.05, 4.69) is 0 Å². The third-order valence-electron chi connectivity index (χ3n) is 3.58. The maximum absolute atomic E-state index is 12.3. The molecule has 1 fully saturated rings. The minimum absolute atomic E-state index is 0.00339. The number of rotatable bonds is 4. The van der Waals surface area contributed by atoms with Crippen LogP contribution in [0.5, 0.6) is 0 Å². The summed E-state index contributed by atoms with van der Waals surface area (Å²) >= 11 is 0. The summed E-state index contributed by atoms with van der Waals surface area (Å²) in [6.07, 6.45) is 3.67. The van der Waals surface area contributed by atoms with Crippen LogP contribution in [-0.4, -0.2) is 54.8 Å². The first-order valence-electron chi connectivity index (χ1n) is 6.70. The molecule has 0 aromatic rings. The second-order valence-corrected chi connectivity index (χ2v) is 5.26. The highest BCUT2D eigenvalue weighted by Crippen LogP contribution is 2.24. The molecule has 0 heterocycles. The van der Waals surface area contributed by atoms with Crippen molar-refractivity contribution in [1.82, 2.24) is 9.80 Å². The third-order valence-corrected chi connectivity index (χ3v) is 3.58. The second-order valence-electron chi connectivity index (χ2n) is 5.26. The Bertz CT molecular complexity index is 305. The minimum Gasteiger partial charge on any atom is -0.347 e. The van der Waals surface area contributed by atoms with Gasteiger partial charge in [0, 0.05) is 32.6 Å². The van der Waals surface area contributed by atoms with Crippen LogP contribution in [0.15, 0.2) is 0 Å². The molecule has 2 N–H and O–H groups in total. The van der Waals surface area contributed by atoms with E-state index in [0.717, 1.165) is 25.7 Å². The Morgan fingerprint density at radius 2 is 1.94 bits per heavy atom. The van der Waals surface area contributed by atoms with Crippen molar-refractivity contribution in [2.24, 2.45) is 11.7 Å². The fourth-order valence-electron chi connectivity index (χ4n) is 2.36. The SMILES string of the molecule is CCN(CC(=O)N(C)C)C(=O)C1CCCC(N)C1. The van der Waals surface area contributed by atoms with E-state index in [1.165, 1.54) is 4.90 Å². The molecule has 1 saturated carbocycles. The van der Waals surface area contributed by atoms with E-state index in [1.54, 1.807) is 19.0 Å². The molecule has 0 saturated heterocycles. The highest BCUT2D eigenvalue weighted by molar-refractivity contribution is 5.85. The predicted molar refractivity (Wildman–Crippen MR) is 70.9 cm³/mol. The number of carbonyl (C=O) groups is 2. The number of hydrogen-bond donors (Lipinski definition) is 1. The first kappa shape index (κ1) is 15.0. The number of amides is 2. The highest BCUT2D eigenvalue weighted by atomic mass is 16.2. The summed E-state index contributed by atoms with van der Waals surface area (Å²) < 4.78 is 0. The topological polar surface area (TPSA) is 66.6 Å². The zero-order valence-electron chi connectivity index (χ0n) is 11.7. The van der Waals surface area contributed by atoms with E-state index in [1.807, 2.05) is 6.92 Å². The van der Waals surface area contributed by atoms with Gasteiger partial charge in [0.1, 0.15) is 0 Å². The van der Waals surface area contributed by atoms with Gasteiger partial charge in [0.05, 0.1) is 6.54 Å². The lowest BCUT2D eigenvalue weighted by Crippen LogP contribution is -2.45. The summed E-state index contributed by atoms with van der Waals surface area (Å²) in [6.45, 7) is 2.65. The normalized spacial score (nSPS) is 23.6. The van der Waals surface area contributed by atoms with Crippen LogP contribution in [-0.2, 0) is 9.59 Å². The van der Waals surface area contributed by atoms with Crippen molar-refractivity contribution in [1.29, 1.82) is 0 Å². The first-order valence-corrected chi connectivity index (χ1v) is 6.70. The van der Waals surface area contributed by atoms with Crippen LogP contribution in [0.2, 0.25) is 0 Å². The van der Waals surface area contributed by atoms with Crippen LogP contribution < -0.4 is 5.73 Å². The fourth-order valence-corrected chi connectivity index (χ4v) is 2.36. The molecule has 5 heteroatoms. The lowest BCUT2D eigenvalue weighted by atomic mass is 9.85. The zero-order valence-corrected chi connectivity index (χ0v) is 11.7. The van der Waals surface area contributed by atoms with Crippen molar-refractivity contribution < 1.29 is 9.59 Å². The summed E-state index contributed by atoms with van der Waals surface area (Å²) in [4.78, 5) is 27.2. The van der Waals surface area contributed by atoms with E-state index in [0.29, 0.717) is 6.54 Å². The molecule has 0 bridgehead atoms. The van der Waals surface area contributed by atoms with Gasteiger partial charge in [-0.15, -0.1) is 0 Å². The Morgan fingerprint density at radius 3 is 2.44 bits per heavy atom. The van der Waals surface area contributed by atoms with Gasteiger partial charge in [0.15, 0.2) is 0 Å². The monoisotopic (exact) mass is 255 g/mol. The number of likely N-dealkylation sites (N-methyl/N-ethyl adjacent to an activating group) is 2. The van der Waals surface area contributed by atoms with Gasteiger partial charge < -0.3 is 15.5 Å². The van der Waals surface area contributed by atoms with E-state index in [4.69, 9.17) is 5.73 Å². The van der Waals surface area contributed by atoms with Gasteiger partial charge in [-0.2, -0.15) is 0 Å². The Morgan fingerprint density at radius 1 is 1.28 bits per heavy atom. The molecule has 2 amide bonds. The van der Waals surface area contributed by atoms with Crippen LogP contribution in [0.4, 0.5) is 0 Å². The molecule has 5 nitrogen and oxygen atoms in total. The van der Waals surface area contributed by atoms with Crippen molar-refractivity contribution in [3.05, 3.63) is 0 Å². The molecule has 0 spiro atoms. The third kappa shape index (κ3) is 3.98.